The number of hydrogen-bond acceptors (Lipinski definition) is 18. The Morgan fingerprint density at radius 3 is 1.76 bits per heavy atom. The van der Waals surface area contributed by atoms with Gasteiger partial charge in [-0.1, -0.05) is 19.9 Å². The normalized spacial score (nSPS) is 52.1. The molecule has 6 rings (SSSR count). The number of ether oxygens (including phenoxy) is 6. The number of hydrogen-bond donors (Lipinski definition) is 11. The van der Waals surface area contributed by atoms with Gasteiger partial charge < -0.3 is 84.6 Å². The first-order chi connectivity index (χ1) is 26.0. The first-order valence-corrected chi connectivity index (χ1v) is 19.4. The Kier molecular flexibility index (Phi) is 13.4. The quantitative estimate of drug-likeness (QED) is 0.0815. The highest BCUT2D eigenvalue weighted by atomic mass is 16.8. The summed E-state index contributed by atoms with van der Waals surface area (Å²) in [6.07, 6.45) is -19.1. The first-order valence-electron chi connectivity index (χ1n) is 19.4. The summed E-state index contributed by atoms with van der Waals surface area (Å²) in [5, 5.41) is 113. The molecule has 3 saturated heterocycles. The number of fused-ring (bicyclic) bond motifs is 3. The lowest BCUT2D eigenvalue weighted by atomic mass is 9.45. The fourth-order valence-electron chi connectivity index (χ4n) is 10.6. The van der Waals surface area contributed by atoms with Crippen LogP contribution in [0.5, 0.6) is 0 Å². The molecule has 0 amide bonds. The minimum atomic E-state index is -1.86. The van der Waals surface area contributed by atoms with Gasteiger partial charge in [-0.2, -0.15) is 0 Å². The topological polar surface area (TPSA) is 295 Å². The van der Waals surface area contributed by atoms with E-state index in [1.54, 1.807) is 0 Å². The van der Waals surface area contributed by atoms with Crippen molar-refractivity contribution in [2.75, 3.05) is 19.8 Å². The van der Waals surface area contributed by atoms with Crippen LogP contribution in [0.4, 0.5) is 0 Å². The zero-order chi connectivity index (χ0) is 40.1. The van der Waals surface area contributed by atoms with Gasteiger partial charge in [0.15, 0.2) is 18.7 Å². The zero-order valence-corrected chi connectivity index (χ0v) is 31.2. The van der Waals surface area contributed by atoms with Crippen molar-refractivity contribution in [2.24, 2.45) is 28.6 Å². The molecule has 0 radical (unpaired) electrons. The summed E-state index contributed by atoms with van der Waals surface area (Å²) in [5.41, 5.74) is -0.611. The minimum Gasteiger partial charge on any atom is -0.432 e. The molecule has 0 aromatic carbocycles. The SMILES string of the molecule is C=C1CC2CCC3[C@](C)(C(=O)OC4OC(CO)C(O)C(O)C4OC4OC(CO)C(O)C(O)C4O)CCC[C@@]3(C)[C@@H]2CCC1OC1OC(CO)C(O)C(O)C1O. The second-order valence-corrected chi connectivity index (χ2v) is 16.9. The number of rotatable bonds is 9. The van der Waals surface area contributed by atoms with Crippen molar-refractivity contribution < 1.29 is 89.4 Å². The smallest absolute Gasteiger partial charge is 0.314 e. The van der Waals surface area contributed by atoms with E-state index in [0.717, 1.165) is 18.4 Å². The molecule has 11 N–H and O–H groups in total. The van der Waals surface area contributed by atoms with E-state index in [9.17, 15) is 61.0 Å². The van der Waals surface area contributed by atoms with Gasteiger partial charge in [-0.15, -0.1) is 0 Å². The monoisotopic (exact) mass is 792 g/mol. The standard InChI is InChI=1S/C37H60O18/c1-15-11-16-5-8-22-36(2,17(16)6-7-18(15)50-32-29(47)26(44)23(41)19(12-38)51-32)9-4-10-37(22,3)35(49)55-34-31(28(46)25(43)21(14-40)53-34)54-33-30(48)27(45)24(42)20(13-39)52-33/h16-34,38-48H,1,4-14H2,2-3H3/t16?,17-,18?,19?,20?,21?,22?,23?,24?,25?,26?,27?,28?,29?,30?,31?,32?,33?,34?,36+,37-/m1/s1. The summed E-state index contributed by atoms with van der Waals surface area (Å²) >= 11 is 0. The molecule has 21 atom stereocenters. The average molecular weight is 793 g/mol. The van der Waals surface area contributed by atoms with E-state index >= 15 is 0 Å². The lowest BCUT2D eigenvalue weighted by molar-refractivity contribution is -0.363. The van der Waals surface area contributed by atoms with Crippen molar-refractivity contribution in [3.05, 3.63) is 12.2 Å². The van der Waals surface area contributed by atoms with Crippen LogP contribution >= 0.6 is 0 Å². The molecule has 18 nitrogen and oxygen atoms in total. The van der Waals surface area contributed by atoms with Crippen molar-refractivity contribution in [1.29, 1.82) is 0 Å². The Labute approximate surface area is 319 Å². The van der Waals surface area contributed by atoms with Crippen molar-refractivity contribution in [1.82, 2.24) is 0 Å². The molecule has 6 fully saturated rings. The van der Waals surface area contributed by atoms with E-state index in [-0.39, 0.29) is 23.2 Å². The summed E-state index contributed by atoms with van der Waals surface area (Å²) in [5.74, 6) is -0.495. The average Bonchev–Trinajstić information content (AvgIpc) is 3.32. The summed E-state index contributed by atoms with van der Waals surface area (Å²) < 4.78 is 34.8. The first kappa shape index (κ1) is 43.2. The van der Waals surface area contributed by atoms with Gasteiger partial charge >= 0.3 is 5.97 Å². The third-order valence-electron chi connectivity index (χ3n) is 13.7. The largest absolute Gasteiger partial charge is 0.432 e. The van der Waals surface area contributed by atoms with Gasteiger partial charge in [-0.25, -0.2) is 0 Å². The van der Waals surface area contributed by atoms with E-state index in [1.807, 2.05) is 6.92 Å². The molecule has 18 unspecified atom stereocenters. The van der Waals surface area contributed by atoms with Crippen LogP contribution in [0.1, 0.15) is 65.2 Å². The molecule has 3 saturated carbocycles. The summed E-state index contributed by atoms with van der Waals surface area (Å²) in [6, 6.07) is 0. The summed E-state index contributed by atoms with van der Waals surface area (Å²) in [4.78, 5) is 14.5. The maximum atomic E-state index is 14.5. The van der Waals surface area contributed by atoms with Gasteiger partial charge in [0.2, 0.25) is 6.29 Å². The number of carbonyl (C=O) groups excluding carboxylic acids is 1. The van der Waals surface area contributed by atoms with Crippen LogP contribution in [0, 0.1) is 28.6 Å². The molecule has 0 aromatic heterocycles. The minimum absolute atomic E-state index is 0.128. The van der Waals surface area contributed by atoms with Crippen LogP contribution in [0.2, 0.25) is 0 Å². The lowest BCUT2D eigenvalue weighted by Crippen LogP contribution is -2.65. The van der Waals surface area contributed by atoms with Crippen LogP contribution in [0.15, 0.2) is 12.2 Å². The molecule has 6 aliphatic rings. The van der Waals surface area contributed by atoms with Crippen molar-refractivity contribution in [3.63, 3.8) is 0 Å². The predicted molar refractivity (Wildman–Crippen MR) is 184 cm³/mol. The number of esters is 1. The number of carbonyl (C=O) groups is 1. The van der Waals surface area contributed by atoms with Crippen molar-refractivity contribution in [2.45, 2.75) is 163 Å². The van der Waals surface area contributed by atoms with E-state index < -0.39 is 129 Å². The summed E-state index contributed by atoms with van der Waals surface area (Å²) in [7, 11) is 0. The van der Waals surface area contributed by atoms with Gasteiger partial charge in [0, 0.05) is 0 Å². The summed E-state index contributed by atoms with van der Waals surface area (Å²) in [6.45, 7) is 6.26. The van der Waals surface area contributed by atoms with Crippen LogP contribution in [0.25, 0.3) is 0 Å². The molecule has 18 heteroatoms. The molecule has 3 aliphatic carbocycles. The number of aliphatic hydroxyl groups is 11. The maximum Gasteiger partial charge on any atom is 0.314 e. The van der Waals surface area contributed by atoms with Crippen LogP contribution in [-0.2, 0) is 33.2 Å². The highest BCUT2D eigenvalue weighted by Crippen LogP contribution is 2.64. The van der Waals surface area contributed by atoms with Gasteiger partial charge in [0.25, 0.3) is 0 Å². The van der Waals surface area contributed by atoms with E-state index in [0.29, 0.717) is 38.5 Å². The highest BCUT2D eigenvalue weighted by Gasteiger charge is 2.61. The predicted octanol–water partition coefficient (Wildman–Crippen LogP) is -3.08. The second-order valence-electron chi connectivity index (χ2n) is 16.9. The van der Waals surface area contributed by atoms with Crippen LogP contribution in [0.3, 0.4) is 0 Å². The third-order valence-corrected chi connectivity index (χ3v) is 13.7. The Balaban J connectivity index is 1.18. The van der Waals surface area contributed by atoms with E-state index in [2.05, 4.69) is 13.5 Å². The molecule has 316 valence electrons. The van der Waals surface area contributed by atoms with Crippen molar-refractivity contribution in [3.8, 4) is 0 Å². The van der Waals surface area contributed by atoms with Crippen LogP contribution in [-0.4, -0.2) is 180 Å². The van der Waals surface area contributed by atoms with Gasteiger partial charge in [0.1, 0.15) is 67.1 Å². The Morgan fingerprint density at radius 2 is 1.20 bits per heavy atom. The van der Waals surface area contributed by atoms with Gasteiger partial charge in [-0.3, -0.25) is 4.79 Å². The molecular formula is C37H60O18. The maximum absolute atomic E-state index is 14.5. The molecule has 0 aromatic rings. The Bertz CT molecular complexity index is 1330. The van der Waals surface area contributed by atoms with Crippen molar-refractivity contribution >= 4 is 5.97 Å². The lowest BCUT2D eigenvalue weighted by Gasteiger charge is -2.59. The van der Waals surface area contributed by atoms with Gasteiger partial charge in [0.05, 0.1) is 31.3 Å². The fourth-order valence-corrected chi connectivity index (χ4v) is 10.6. The Hall–Kier alpha value is -1.43. The van der Waals surface area contributed by atoms with E-state index in [1.165, 1.54) is 0 Å². The molecule has 3 aliphatic heterocycles. The molecule has 0 bridgehead atoms. The molecule has 55 heavy (non-hydrogen) atoms. The number of aliphatic hydroxyl groups excluding tert-OH is 11. The fraction of sp³-hybridized carbons (Fsp3) is 0.919. The molecule has 0 spiro atoms. The second kappa shape index (κ2) is 17.0. The van der Waals surface area contributed by atoms with Gasteiger partial charge in [-0.05, 0) is 80.6 Å². The Morgan fingerprint density at radius 1 is 0.673 bits per heavy atom. The van der Waals surface area contributed by atoms with Crippen LogP contribution < -0.4 is 0 Å². The molecule has 3 heterocycles. The molecular weight excluding hydrogens is 732 g/mol. The third kappa shape index (κ3) is 7.89. The highest BCUT2D eigenvalue weighted by molar-refractivity contribution is 5.77. The van der Waals surface area contributed by atoms with E-state index in [4.69, 9.17) is 28.4 Å². The zero-order valence-electron chi connectivity index (χ0n) is 31.2.